The maximum Gasteiger partial charge on any atom is 0.303 e. The number of halogens is 1. The molecule has 0 bridgehead atoms. The molecule has 0 fully saturated rings. The molecule has 1 unspecified atom stereocenters. The molecule has 1 N–H and O–H groups in total. The molecule has 2 nitrogen and oxygen atoms in total. The SMILES string of the molecule is CC(CC(=O)O)c1ccccc1CCCCCCBr. The van der Waals surface area contributed by atoms with Gasteiger partial charge in [0.05, 0.1) is 6.42 Å². The van der Waals surface area contributed by atoms with Gasteiger partial charge in [-0.1, -0.05) is 60.0 Å². The normalized spacial score (nSPS) is 12.3. The Morgan fingerprint density at radius 2 is 1.89 bits per heavy atom. The molecule has 1 aromatic rings. The number of aliphatic carboxylic acids is 1. The molecule has 0 amide bonds. The van der Waals surface area contributed by atoms with E-state index in [2.05, 4.69) is 28.1 Å². The van der Waals surface area contributed by atoms with Crippen molar-refractivity contribution in [3.63, 3.8) is 0 Å². The lowest BCUT2D eigenvalue weighted by Crippen LogP contribution is -2.05. The van der Waals surface area contributed by atoms with E-state index in [4.69, 9.17) is 5.11 Å². The lowest BCUT2D eigenvalue weighted by atomic mass is 9.90. The van der Waals surface area contributed by atoms with E-state index in [0.29, 0.717) is 0 Å². The molecule has 106 valence electrons. The number of carbonyl (C=O) groups is 1. The van der Waals surface area contributed by atoms with Gasteiger partial charge in [0.25, 0.3) is 0 Å². The molecule has 19 heavy (non-hydrogen) atoms. The van der Waals surface area contributed by atoms with Crippen LogP contribution in [0.2, 0.25) is 0 Å². The second kappa shape index (κ2) is 9.13. The predicted molar refractivity (Wildman–Crippen MR) is 83.1 cm³/mol. The Morgan fingerprint density at radius 3 is 2.58 bits per heavy atom. The fourth-order valence-electron chi connectivity index (χ4n) is 2.38. The third-order valence-corrected chi connectivity index (χ3v) is 3.96. The minimum absolute atomic E-state index is 0.0937. The average molecular weight is 327 g/mol. The Labute approximate surface area is 124 Å². The molecule has 3 heteroatoms. The molecular formula is C16H23BrO2. The summed E-state index contributed by atoms with van der Waals surface area (Å²) in [5, 5.41) is 9.99. The summed E-state index contributed by atoms with van der Waals surface area (Å²) in [5.41, 5.74) is 2.51. The molecule has 1 rings (SSSR count). The second-order valence-corrected chi connectivity index (χ2v) is 5.84. The van der Waals surface area contributed by atoms with Gasteiger partial charge in [0, 0.05) is 5.33 Å². The maximum atomic E-state index is 10.8. The van der Waals surface area contributed by atoms with Crippen molar-refractivity contribution in [3.05, 3.63) is 35.4 Å². The molecule has 0 aliphatic rings. The van der Waals surface area contributed by atoms with Crippen LogP contribution in [0.4, 0.5) is 0 Å². The molecule has 1 atom stereocenters. The number of hydrogen-bond donors (Lipinski definition) is 1. The number of rotatable bonds is 9. The van der Waals surface area contributed by atoms with E-state index < -0.39 is 5.97 Å². The van der Waals surface area contributed by atoms with Crippen molar-refractivity contribution in [1.29, 1.82) is 0 Å². The Balaban J connectivity index is 2.55. The van der Waals surface area contributed by atoms with Gasteiger partial charge < -0.3 is 5.11 Å². The molecule has 0 radical (unpaired) electrons. The average Bonchev–Trinajstić information content (AvgIpc) is 2.38. The first kappa shape index (κ1) is 16.2. The molecule has 0 saturated carbocycles. The van der Waals surface area contributed by atoms with Crippen LogP contribution < -0.4 is 0 Å². The number of unbranched alkanes of at least 4 members (excludes halogenated alkanes) is 3. The van der Waals surface area contributed by atoms with Gasteiger partial charge in [-0.15, -0.1) is 0 Å². The number of carboxylic acid groups (broad SMARTS) is 1. The first-order chi connectivity index (χ1) is 9.15. The van der Waals surface area contributed by atoms with Crippen molar-refractivity contribution in [3.8, 4) is 0 Å². The van der Waals surface area contributed by atoms with Crippen molar-refractivity contribution in [2.45, 2.75) is 51.4 Å². The first-order valence-corrected chi connectivity index (χ1v) is 8.13. The number of carboxylic acids is 1. The van der Waals surface area contributed by atoms with Crippen LogP contribution in [-0.2, 0) is 11.2 Å². The van der Waals surface area contributed by atoms with Crippen LogP contribution in [-0.4, -0.2) is 16.4 Å². The molecule has 0 heterocycles. The molecule has 0 aliphatic heterocycles. The largest absolute Gasteiger partial charge is 0.481 e. The Bertz CT molecular complexity index is 390. The van der Waals surface area contributed by atoms with Crippen molar-refractivity contribution < 1.29 is 9.90 Å². The van der Waals surface area contributed by atoms with Crippen LogP contribution in [0.25, 0.3) is 0 Å². The van der Waals surface area contributed by atoms with Gasteiger partial charge in [-0.3, -0.25) is 4.79 Å². The molecule has 0 aliphatic carbocycles. The minimum Gasteiger partial charge on any atom is -0.481 e. The summed E-state index contributed by atoms with van der Waals surface area (Å²) < 4.78 is 0. The number of benzene rings is 1. The van der Waals surface area contributed by atoms with Gasteiger partial charge in [0.1, 0.15) is 0 Å². The summed E-state index contributed by atoms with van der Waals surface area (Å²) in [6, 6.07) is 8.26. The van der Waals surface area contributed by atoms with Crippen LogP contribution in [0.5, 0.6) is 0 Å². The molecule has 0 spiro atoms. The minimum atomic E-state index is -0.723. The van der Waals surface area contributed by atoms with Crippen molar-refractivity contribution in [2.75, 3.05) is 5.33 Å². The smallest absolute Gasteiger partial charge is 0.303 e. The van der Waals surface area contributed by atoms with Gasteiger partial charge in [-0.05, 0) is 36.3 Å². The summed E-state index contributed by atoms with van der Waals surface area (Å²) in [6.07, 6.45) is 6.19. The maximum absolute atomic E-state index is 10.8. The van der Waals surface area contributed by atoms with E-state index in [1.165, 1.54) is 36.8 Å². The molecule has 0 saturated heterocycles. The van der Waals surface area contributed by atoms with E-state index >= 15 is 0 Å². The van der Waals surface area contributed by atoms with Crippen LogP contribution >= 0.6 is 15.9 Å². The summed E-state index contributed by atoms with van der Waals surface area (Å²) in [7, 11) is 0. The lowest BCUT2D eigenvalue weighted by Gasteiger charge is -2.14. The van der Waals surface area contributed by atoms with Crippen LogP contribution in [0.15, 0.2) is 24.3 Å². The molecule has 1 aromatic carbocycles. The highest BCUT2D eigenvalue weighted by atomic mass is 79.9. The zero-order valence-electron chi connectivity index (χ0n) is 11.6. The Morgan fingerprint density at radius 1 is 1.21 bits per heavy atom. The standard InChI is InChI=1S/C16H23BrO2/c1-13(12-16(18)19)15-10-6-5-9-14(15)8-4-2-3-7-11-17/h5-6,9-10,13H,2-4,7-8,11-12H2,1H3,(H,18,19). The monoisotopic (exact) mass is 326 g/mol. The first-order valence-electron chi connectivity index (χ1n) is 7.00. The van der Waals surface area contributed by atoms with Crippen molar-refractivity contribution >= 4 is 21.9 Å². The topological polar surface area (TPSA) is 37.3 Å². The summed E-state index contributed by atoms with van der Waals surface area (Å²) in [6.45, 7) is 2.00. The fourth-order valence-corrected chi connectivity index (χ4v) is 2.77. The molecule has 0 aromatic heterocycles. The van der Waals surface area contributed by atoms with E-state index in [-0.39, 0.29) is 12.3 Å². The number of alkyl halides is 1. The predicted octanol–water partition coefficient (Wildman–Crippen LogP) is 4.76. The third-order valence-electron chi connectivity index (χ3n) is 3.40. The lowest BCUT2D eigenvalue weighted by molar-refractivity contribution is -0.137. The van der Waals surface area contributed by atoms with Gasteiger partial charge in [0.15, 0.2) is 0 Å². The fraction of sp³-hybridized carbons (Fsp3) is 0.562. The van der Waals surface area contributed by atoms with E-state index in [9.17, 15) is 4.79 Å². The zero-order valence-corrected chi connectivity index (χ0v) is 13.2. The van der Waals surface area contributed by atoms with Gasteiger partial charge in [-0.2, -0.15) is 0 Å². The van der Waals surface area contributed by atoms with E-state index in [1.807, 2.05) is 19.1 Å². The van der Waals surface area contributed by atoms with E-state index in [0.717, 1.165) is 11.8 Å². The Kier molecular flexibility index (Phi) is 7.80. The number of hydrogen-bond acceptors (Lipinski definition) is 1. The van der Waals surface area contributed by atoms with E-state index in [1.54, 1.807) is 0 Å². The van der Waals surface area contributed by atoms with Crippen molar-refractivity contribution in [1.82, 2.24) is 0 Å². The van der Waals surface area contributed by atoms with Gasteiger partial charge >= 0.3 is 5.97 Å². The second-order valence-electron chi connectivity index (χ2n) is 5.05. The summed E-state index contributed by atoms with van der Waals surface area (Å²) >= 11 is 3.44. The van der Waals surface area contributed by atoms with Crippen LogP contribution in [0, 0.1) is 0 Å². The van der Waals surface area contributed by atoms with Crippen LogP contribution in [0.3, 0.4) is 0 Å². The van der Waals surface area contributed by atoms with Crippen LogP contribution in [0.1, 0.15) is 56.1 Å². The third kappa shape index (κ3) is 6.24. The highest BCUT2D eigenvalue weighted by Gasteiger charge is 2.13. The molecular weight excluding hydrogens is 304 g/mol. The summed E-state index contributed by atoms with van der Waals surface area (Å²) in [4.78, 5) is 10.8. The van der Waals surface area contributed by atoms with Crippen molar-refractivity contribution in [2.24, 2.45) is 0 Å². The Hall–Kier alpha value is -0.830. The highest BCUT2D eigenvalue weighted by molar-refractivity contribution is 9.09. The van der Waals surface area contributed by atoms with Gasteiger partial charge in [-0.25, -0.2) is 0 Å². The number of aryl methyl sites for hydroxylation is 1. The summed E-state index contributed by atoms with van der Waals surface area (Å²) in [5.74, 6) is -0.629. The zero-order chi connectivity index (χ0) is 14.1. The highest BCUT2D eigenvalue weighted by Crippen LogP contribution is 2.24. The van der Waals surface area contributed by atoms with Gasteiger partial charge in [0.2, 0.25) is 0 Å². The quantitative estimate of drug-likeness (QED) is 0.524.